The number of nitrogens with one attached hydrogen (secondary N) is 2. The summed E-state index contributed by atoms with van der Waals surface area (Å²) in [6.45, 7) is 6.23. The molecule has 40 heavy (non-hydrogen) atoms. The van der Waals surface area contributed by atoms with Crippen LogP contribution in [0.5, 0.6) is 0 Å². The van der Waals surface area contributed by atoms with Crippen LogP contribution in [-0.4, -0.2) is 85.2 Å². The first kappa shape index (κ1) is 27.9. The number of benzene rings is 2. The van der Waals surface area contributed by atoms with Gasteiger partial charge in [-0.3, -0.25) is 9.69 Å². The molecule has 9 heteroatoms. The van der Waals surface area contributed by atoms with Crippen molar-refractivity contribution in [3.05, 3.63) is 59.8 Å². The molecule has 0 saturated carbocycles. The Morgan fingerprint density at radius 3 is 2.73 bits per heavy atom. The fourth-order valence-corrected chi connectivity index (χ4v) is 5.26. The zero-order valence-electron chi connectivity index (χ0n) is 22.9. The molecule has 0 spiro atoms. The summed E-state index contributed by atoms with van der Waals surface area (Å²) >= 11 is 0. The van der Waals surface area contributed by atoms with Crippen molar-refractivity contribution in [1.82, 2.24) is 14.8 Å². The van der Waals surface area contributed by atoms with Crippen molar-refractivity contribution >= 4 is 28.4 Å². The highest BCUT2D eigenvalue weighted by Crippen LogP contribution is 2.28. The number of hydrogen-bond donors (Lipinski definition) is 3. The standard InChI is InChI=1S/C31H37N5O4/c1-35-27(18-25(20-32)31(38)34-21-29-19-28(37)8-13-40-29)6-7-30(35)24-3-2-23-17-26(5-4-22(23)16-24)33-9-10-36-11-14-39-15-12-36/h2-7,16-18,28-29,33,37H,8-15,19,21H2,1H3,(H,34,38)/b25-18+/t28-,29+/m1/s1. The lowest BCUT2D eigenvalue weighted by Gasteiger charge is -2.26. The summed E-state index contributed by atoms with van der Waals surface area (Å²) in [5.74, 6) is -0.450. The molecule has 210 valence electrons. The molecular formula is C31H37N5O4. The number of aliphatic hydroxyl groups excluding tert-OH is 1. The molecule has 3 N–H and O–H groups in total. The summed E-state index contributed by atoms with van der Waals surface area (Å²) in [4.78, 5) is 15.1. The quantitative estimate of drug-likeness (QED) is 0.281. The Bertz CT molecular complexity index is 1400. The number of amides is 1. The molecule has 1 aromatic heterocycles. The maximum atomic E-state index is 12.7. The van der Waals surface area contributed by atoms with E-state index in [0.29, 0.717) is 19.4 Å². The highest BCUT2D eigenvalue weighted by Gasteiger charge is 2.22. The SMILES string of the molecule is Cn1c(/C=C(\C#N)C(=O)NC[C@@H]2C[C@H](O)CCO2)ccc1-c1ccc2cc(NCCN3CCOCC3)ccc2c1. The average molecular weight is 544 g/mol. The van der Waals surface area contributed by atoms with E-state index in [0.717, 1.165) is 72.8 Å². The van der Waals surface area contributed by atoms with Gasteiger partial charge in [0.1, 0.15) is 11.6 Å². The van der Waals surface area contributed by atoms with Crippen LogP contribution >= 0.6 is 0 Å². The second kappa shape index (κ2) is 13.1. The number of ether oxygens (including phenoxy) is 2. The normalized spacial score (nSPS) is 20.3. The van der Waals surface area contributed by atoms with E-state index in [1.807, 2.05) is 29.8 Å². The van der Waals surface area contributed by atoms with E-state index < -0.39 is 12.0 Å². The topological polar surface area (TPSA) is 112 Å². The number of nitriles is 1. The molecule has 3 aromatic rings. The Hall–Kier alpha value is -3.68. The Labute approximate surface area is 235 Å². The van der Waals surface area contributed by atoms with Crippen LogP contribution in [0.4, 0.5) is 5.69 Å². The van der Waals surface area contributed by atoms with E-state index in [1.54, 1.807) is 6.08 Å². The summed E-state index contributed by atoms with van der Waals surface area (Å²) < 4.78 is 13.0. The van der Waals surface area contributed by atoms with Crippen LogP contribution in [0, 0.1) is 11.3 Å². The molecule has 0 bridgehead atoms. The van der Waals surface area contributed by atoms with Crippen LogP contribution in [0.1, 0.15) is 18.5 Å². The molecule has 2 aromatic carbocycles. The van der Waals surface area contributed by atoms with Crippen LogP contribution < -0.4 is 10.6 Å². The fraction of sp³-hybridized carbons (Fsp3) is 0.419. The number of hydrogen-bond acceptors (Lipinski definition) is 7. The van der Waals surface area contributed by atoms with Gasteiger partial charge in [0.05, 0.1) is 25.4 Å². The zero-order chi connectivity index (χ0) is 27.9. The third kappa shape index (κ3) is 6.90. The summed E-state index contributed by atoms with van der Waals surface area (Å²) in [6.07, 6.45) is 2.03. The molecule has 0 unspecified atom stereocenters. The molecule has 2 atom stereocenters. The first-order chi connectivity index (χ1) is 19.5. The molecule has 2 aliphatic rings. The van der Waals surface area contributed by atoms with Gasteiger partial charge in [-0.1, -0.05) is 18.2 Å². The number of anilines is 1. The number of aromatic nitrogens is 1. The van der Waals surface area contributed by atoms with Crippen molar-refractivity contribution in [2.24, 2.45) is 7.05 Å². The first-order valence-corrected chi connectivity index (χ1v) is 13.9. The molecule has 1 amide bonds. The highest BCUT2D eigenvalue weighted by atomic mass is 16.5. The molecule has 5 rings (SSSR count). The van der Waals surface area contributed by atoms with E-state index in [-0.39, 0.29) is 18.2 Å². The number of carbonyl (C=O) groups is 1. The van der Waals surface area contributed by atoms with Gasteiger partial charge in [0.25, 0.3) is 5.91 Å². The minimum atomic E-state index is -0.450. The second-order valence-electron chi connectivity index (χ2n) is 10.4. The Kier molecular flexibility index (Phi) is 9.14. The Balaban J connectivity index is 1.23. The third-order valence-corrected chi connectivity index (χ3v) is 7.64. The number of aliphatic hydroxyl groups is 1. The third-order valence-electron chi connectivity index (χ3n) is 7.64. The lowest BCUT2D eigenvalue weighted by molar-refractivity contribution is -0.118. The van der Waals surface area contributed by atoms with E-state index >= 15 is 0 Å². The number of nitrogens with zero attached hydrogens (tertiary/aromatic N) is 3. The molecule has 9 nitrogen and oxygen atoms in total. The van der Waals surface area contributed by atoms with Crippen molar-refractivity contribution < 1.29 is 19.4 Å². The molecule has 2 fully saturated rings. The molecular weight excluding hydrogens is 506 g/mol. The van der Waals surface area contributed by atoms with Gasteiger partial charge >= 0.3 is 0 Å². The summed E-state index contributed by atoms with van der Waals surface area (Å²) in [5, 5.41) is 28.0. The number of carbonyl (C=O) groups excluding carboxylic acids is 1. The first-order valence-electron chi connectivity index (χ1n) is 13.9. The molecule has 2 aliphatic heterocycles. The van der Waals surface area contributed by atoms with Gasteiger partial charge in [-0.15, -0.1) is 0 Å². The lowest BCUT2D eigenvalue weighted by Crippen LogP contribution is -2.39. The predicted molar refractivity (Wildman–Crippen MR) is 156 cm³/mol. The predicted octanol–water partition coefficient (Wildman–Crippen LogP) is 3.15. The van der Waals surface area contributed by atoms with E-state index in [1.165, 1.54) is 0 Å². The monoisotopic (exact) mass is 543 g/mol. The van der Waals surface area contributed by atoms with Gasteiger partial charge in [0.2, 0.25) is 0 Å². The van der Waals surface area contributed by atoms with Gasteiger partial charge in [0, 0.05) is 69.9 Å². The number of rotatable bonds is 9. The van der Waals surface area contributed by atoms with Crippen LogP contribution in [-0.2, 0) is 21.3 Å². The number of morpholine rings is 1. The van der Waals surface area contributed by atoms with Gasteiger partial charge in [-0.2, -0.15) is 5.26 Å². The molecule has 0 aliphatic carbocycles. The van der Waals surface area contributed by atoms with Crippen LogP contribution in [0.2, 0.25) is 0 Å². The molecule has 3 heterocycles. The highest BCUT2D eigenvalue weighted by molar-refractivity contribution is 6.01. The van der Waals surface area contributed by atoms with Crippen LogP contribution in [0.3, 0.4) is 0 Å². The van der Waals surface area contributed by atoms with Crippen LogP contribution in [0.15, 0.2) is 54.1 Å². The molecule has 0 radical (unpaired) electrons. The summed E-state index contributed by atoms with van der Waals surface area (Å²) in [7, 11) is 1.93. The lowest BCUT2D eigenvalue weighted by atomic mass is 10.0. The smallest absolute Gasteiger partial charge is 0.262 e. The van der Waals surface area contributed by atoms with Gasteiger partial charge < -0.3 is 29.8 Å². The zero-order valence-corrected chi connectivity index (χ0v) is 22.9. The largest absolute Gasteiger partial charge is 0.393 e. The van der Waals surface area contributed by atoms with Gasteiger partial charge in [-0.25, -0.2) is 0 Å². The second-order valence-corrected chi connectivity index (χ2v) is 10.4. The van der Waals surface area contributed by atoms with Crippen molar-refractivity contribution in [3.8, 4) is 17.3 Å². The fourth-order valence-electron chi connectivity index (χ4n) is 5.26. The van der Waals surface area contributed by atoms with Crippen LogP contribution in [0.25, 0.3) is 28.1 Å². The maximum absolute atomic E-state index is 12.7. The van der Waals surface area contributed by atoms with Crippen molar-refractivity contribution in [2.45, 2.75) is 25.0 Å². The Morgan fingerprint density at radius 1 is 1.12 bits per heavy atom. The average Bonchev–Trinajstić information content (AvgIpc) is 3.34. The maximum Gasteiger partial charge on any atom is 0.262 e. The van der Waals surface area contributed by atoms with Gasteiger partial charge in [-0.05, 0) is 59.2 Å². The number of fused-ring (bicyclic) bond motifs is 1. The molecule has 2 saturated heterocycles. The van der Waals surface area contributed by atoms with Gasteiger partial charge in [0.15, 0.2) is 0 Å². The Morgan fingerprint density at radius 2 is 1.93 bits per heavy atom. The minimum Gasteiger partial charge on any atom is -0.393 e. The van der Waals surface area contributed by atoms with Crippen molar-refractivity contribution in [2.75, 3.05) is 57.9 Å². The minimum absolute atomic E-state index is 0.0243. The van der Waals surface area contributed by atoms with E-state index in [4.69, 9.17) is 9.47 Å². The van der Waals surface area contributed by atoms with Crippen molar-refractivity contribution in [1.29, 1.82) is 5.26 Å². The van der Waals surface area contributed by atoms with E-state index in [9.17, 15) is 15.2 Å². The summed E-state index contributed by atoms with van der Waals surface area (Å²) in [5.41, 5.74) is 3.93. The summed E-state index contributed by atoms with van der Waals surface area (Å²) in [6, 6.07) is 18.7. The van der Waals surface area contributed by atoms with Crippen molar-refractivity contribution in [3.63, 3.8) is 0 Å². The van der Waals surface area contributed by atoms with E-state index in [2.05, 4.69) is 51.9 Å².